The summed E-state index contributed by atoms with van der Waals surface area (Å²) in [6, 6.07) is 9.03. The predicted molar refractivity (Wildman–Crippen MR) is 116 cm³/mol. The van der Waals surface area contributed by atoms with Crippen LogP contribution in [0.2, 0.25) is 0 Å². The number of carbonyl (C=O) groups is 1. The maximum atomic E-state index is 12.7. The summed E-state index contributed by atoms with van der Waals surface area (Å²) in [7, 11) is 0. The molecule has 7 heteroatoms. The second kappa shape index (κ2) is 7.86. The normalized spacial score (nSPS) is 18.8. The third kappa shape index (κ3) is 3.80. The lowest BCUT2D eigenvalue weighted by Crippen LogP contribution is -2.40. The van der Waals surface area contributed by atoms with Crippen molar-refractivity contribution in [1.82, 2.24) is 25.1 Å². The number of hydrogen-bond acceptors (Lipinski definition) is 4. The minimum absolute atomic E-state index is 0.112. The van der Waals surface area contributed by atoms with E-state index in [2.05, 4.69) is 37.2 Å². The Morgan fingerprint density at radius 2 is 1.97 bits per heavy atom. The molecule has 152 valence electrons. The molecule has 6 nitrogen and oxygen atoms in total. The molecule has 2 aromatic heterocycles. The van der Waals surface area contributed by atoms with Gasteiger partial charge in [0.25, 0.3) is 0 Å². The van der Waals surface area contributed by atoms with Gasteiger partial charge >= 0.3 is 0 Å². The van der Waals surface area contributed by atoms with Crippen LogP contribution < -0.4 is 5.32 Å². The molecule has 0 spiro atoms. The van der Waals surface area contributed by atoms with E-state index in [4.69, 9.17) is 0 Å². The number of para-hydroxylation sites is 1. The van der Waals surface area contributed by atoms with E-state index in [0.29, 0.717) is 12.1 Å². The molecule has 0 bridgehead atoms. The lowest BCUT2D eigenvalue weighted by Gasteiger charge is -2.24. The lowest BCUT2D eigenvalue weighted by atomic mass is 9.95. The molecule has 2 N–H and O–H groups in total. The van der Waals surface area contributed by atoms with Gasteiger partial charge in [0.1, 0.15) is 0 Å². The van der Waals surface area contributed by atoms with E-state index in [1.54, 1.807) is 0 Å². The zero-order chi connectivity index (χ0) is 19.8. The van der Waals surface area contributed by atoms with Gasteiger partial charge in [0, 0.05) is 34.7 Å². The van der Waals surface area contributed by atoms with Crippen molar-refractivity contribution in [2.24, 2.45) is 0 Å². The monoisotopic (exact) mass is 409 g/mol. The van der Waals surface area contributed by atoms with Gasteiger partial charge in [0.15, 0.2) is 11.0 Å². The molecule has 2 saturated carbocycles. The van der Waals surface area contributed by atoms with E-state index >= 15 is 0 Å². The van der Waals surface area contributed by atoms with Crippen molar-refractivity contribution in [3.63, 3.8) is 0 Å². The number of aromatic nitrogens is 4. The van der Waals surface area contributed by atoms with Gasteiger partial charge in [-0.15, -0.1) is 10.2 Å². The van der Waals surface area contributed by atoms with Gasteiger partial charge in [0.2, 0.25) is 5.91 Å². The number of benzene rings is 1. The summed E-state index contributed by atoms with van der Waals surface area (Å²) in [5, 5.41) is 14.1. The highest BCUT2D eigenvalue weighted by molar-refractivity contribution is 8.00. The molecule has 2 aliphatic carbocycles. The highest BCUT2D eigenvalue weighted by atomic mass is 32.2. The summed E-state index contributed by atoms with van der Waals surface area (Å²) in [5.41, 5.74) is 2.17. The third-order valence-electron chi connectivity index (χ3n) is 6.01. The second-order valence-corrected chi connectivity index (χ2v) is 9.57. The van der Waals surface area contributed by atoms with E-state index in [9.17, 15) is 4.79 Å². The number of nitrogens with one attached hydrogen (secondary N) is 2. The molecule has 0 aliphatic heterocycles. The molecular formula is C22H27N5OS. The molecule has 0 saturated heterocycles. The summed E-state index contributed by atoms with van der Waals surface area (Å²) in [5.74, 6) is 1.01. The summed E-state index contributed by atoms with van der Waals surface area (Å²) < 4.78 is 2.24. The Hall–Kier alpha value is -2.28. The van der Waals surface area contributed by atoms with Gasteiger partial charge in [-0.2, -0.15) is 0 Å². The minimum atomic E-state index is -0.186. The van der Waals surface area contributed by atoms with E-state index < -0.39 is 0 Å². The first kappa shape index (κ1) is 18.7. The molecule has 1 amide bonds. The number of fused-ring (bicyclic) bond motifs is 1. The van der Waals surface area contributed by atoms with Crippen LogP contribution in [0.3, 0.4) is 0 Å². The van der Waals surface area contributed by atoms with Crippen molar-refractivity contribution < 1.29 is 4.79 Å². The van der Waals surface area contributed by atoms with Crippen molar-refractivity contribution in [3.8, 4) is 11.4 Å². The molecule has 0 unspecified atom stereocenters. The maximum absolute atomic E-state index is 12.7. The van der Waals surface area contributed by atoms with Crippen molar-refractivity contribution in [2.75, 3.05) is 0 Å². The van der Waals surface area contributed by atoms with Crippen molar-refractivity contribution in [1.29, 1.82) is 0 Å². The van der Waals surface area contributed by atoms with Gasteiger partial charge in [-0.25, -0.2) is 0 Å². The molecule has 2 aliphatic rings. The topological polar surface area (TPSA) is 75.6 Å². The summed E-state index contributed by atoms with van der Waals surface area (Å²) in [6.45, 7) is 1.97. The molecule has 3 aromatic rings. The Morgan fingerprint density at radius 1 is 1.17 bits per heavy atom. The number of carbonyl (C=O) groups excluding carboxylic acids is 1. The first-order chi connectivity index (χ1) is 14.2. The Kier molecular flexibility index (Phi) is 5.08. The minimum Gasteiger partial charge on any atom is -0.360 e. The van der Waals surface area contributed by atoms with Gasteiger partial charge in [-0.1, -0.05) is 49.2 Å². The Balaban J connectivity index is 1.38. The first-order valence-corrected chi connectivity index (χ1v) is 11.6. The van der Waals surface area contributed by atoms with Crippen LogP contribution >= 0.6 is 11.8 Å². The van der Waals surface area contributed by atoms with Crippen LogP contribution in [0.4, 0.5) is 0 Å². The molecule has 2 heterocycles. The summed E-state index contributed by atoms with van der Waals surface area (Å²) in [4.78, 5) is 16.1. The van der Waals surface area contributed by atoms with Crippen LogP contribution in [0.5, 0.6) is 0 Å². The average molecular weight is 410 g/mol. The number of hydrogen-bond donors (Lipinski definition) is 2. The standard InChI is InChI=1S/C22H27N5OS/c1-14(21(28)24-15-7-3-2-4-8-15)29-22-26-25-20(27(22)16-11-12-16)18-13-23-19-10-6-5-9-17(18)19/h5-6,9-10,13-16,23H,2-4,7-8,11-12H2,1H3,(H,24,28)/t14-/m1/s1. The van der Waals surface area contributed by atoms with E-state index in [0.717, 1.165) is 53.1 Å². The fraction of sp³-hybridized carbons (Fsp3) is 0.500. The molecule has 1 atom stereocenters. The van der Waals surface area contributed by atoms with E-state index in [-0.39, 0.29) is 11.2 Å². The van der Waals surface area contributed by atoms with Crippen LogP contribution in [0.25, 0.3) is 22.3 Å². The SMILES string of the molecule is C[C@@H](Sc1nnc(-c2c[nH]c3ccccc23)n1C1CC1)C(=O)NC1CCCCC1. The molecule has 2 fully saturated rings. The smallest absolute Gasteiger partial charge is 0.233 e. The van der Waals surface area contributed by atoms with Crippen molar-refractivity contribution >= 4 is 28.6 Å². The number of aromatic amines is 1. The molecular weight excluding hydrogens is 382 g/mol. The van der Waals surface area contributed by atoms with E-state index in [1.165, 1.54) is 31.0 Å². The Labute approximate surface area is 174 Å². The van der Waals surface area contributed by atoms with Gasteiger partial charge in [-0.3, -0.25) is 9.36 Å². The number of H-pyrrole nitrogens is 1. The highest BCUT2D eigenvalue weighted by Crippen LogP contribution is 2.42. The predicted octanol–water partition coefficient (Wildman–Crippen LogP) is 4.69. The molecule has 5 rings (SSSR count). The van der Waals surface area contributed by atoms with Crippen LogP contribution in [0, 0.1) is 0 Å². The largest absolute Gasteiger partial charge is 0.360 e. The van der Waals surface area contributed by atoms with Crippen LogP contribution in [-0.2, 0) is 4.79 Å². The second-order valence-electron chi connectivity index (χ2n) is 8.26. The van der Waals surface area contributed by atoms with Crippen molar-refractivity contribution in [3.05, 3.63) is 30.5 Å². The summed E-state index contributed by atoms with van der Waals surface area (Å²) >= 11 is 1.53. The fourth-order valence-electron chi connectivity index (χ4n) is 4.24. The van der Waals surface area contributed by atoms with Crippen molar-refractivity contribution in [2.45, 2.75) is 74.4 Å². The van der Waals surface area contributed by atoms with Crippen LogP contribution in [-0.4, -0.2) is 36.9 Å². The van der Waals surface area contributed by atoms with Crippen LogP contribution in [0.1, 0.15) is 57.9 Å². The third-order valence-corrected chi connectivity index (χ3v) is 7.07. The maximum Gasteiger partial charge on any atom is 0.233 e. The zero-order valence-electron chi connectivity index (χ0n) is 16.7. The number of nitrogens with zero attached hydrogens (tertiary/aromatic N) is 3. The lowest BCUT2D eigenvalue weighted by molar-refractivity contribution is -0.121. The van der Waals surface area contributed by atoms with E-state index in [1.807, 2.05) is 25.3 Å². The van der Waals surface area contributed by atoms with Gasteiger partial charge < -0.3 is 10.3 Å². The average Bonchev–Trinajstić information content (AvgIpc) is 3.36. The first-order valence-electron chi connectivity index (χ1n) is 10.7. The van der Waals surface area contributed by atoms with Gasteiger partial charge in [-0.05, 0) is 38.7 Å². The quantitative estimate of drug-likeness (QED) is 0.579. The van der Waals surface area contributed by atoms with Crippen LogP contribution in [0.15, 0.2) is 35.6 Å². The summed E-state index contributed by atoms with van der Waals surface area (Å²) in [6.07, 6.45) is 10.2. The Morgan fingerprint density at radius 3 is 2.76 bits per heavy atom. The number of amides is 1. The number of rotatable bonds is 6. The molecule has 0 radical (unpaired) electrons. The zero-order valence-corrected chi connectivity index (χ0v) is 17.5. The fourth-order valence-corrected chi connectivity index (χ4v) is 5.16. The molecule has 1 aromatic carbocycles. The highest BCUT2D eigenvalue weighted by Gasteiger charge is 2.32. The molecule has 29 heavy (non-hydrogen) atoms. The van der Waals surface area contributed by atoms with Gasteiger partial charge in [0.05, 0.1) is 5.25 Å². The Bertz CT molecular complexity index is 1020. The number of thioether (sulfide) groups is 1.